The summed E-state index contributed by atoms with van der Waals surface area (Å²) in [5.74, 6) is 0.635. The molecule has 0 unspecified atom stereocenters. The first kappa shape index (κ1) is 25.0. The molecule has 0 aliphatic carbocycles. The summed E-state index contributed by atoms with van der Waals surface area (Å²) in [5, 5.41) is 7.56. The molecule has 0 radical (unpaired) electrons. The molecule has 0 saturated heterocycles. The molecule has 0 aliphatic heterocycles. The molecule has 0 fully saturated rings. The van der Waals surface area contributed by atoms with E-state index >= 15 is 0 Å². The highest BCUT2D eigenvalue weighted by Crippen LogP contribution is 2.20. The van der Waals surface area contributed by atoms with Crippen molar-refractivity contribution in [1.29, 1.82) is 0 Å². The van der Waals surface area contributed by atoms with E-state index in [1.807, 2.05) is 13.0 Å². The van der Waals surface area contributed by atoms with Crippen molar-refractivity contribution in [3.8, 4) is 0 Å². The van der Waals surface area contributed by atoms with Gasteiger partial charge in [0, 0.05) is 23.1 Å². The lowest BCUT2D eigenvalue weighted by molar-refractivity contribution is 0.588. The molecule has 0 atom stereocenters. The summed E-state index contributed by atoms with van der Waals surface area (Å²) in [6.07, 6.45) is 0. The minimum atomic E-state index is -3.43. The summed E-state index contributed by atoms with van der Waals surface area (Å²) in [6, 6.07) is 12.0. The number of sulfonamides is 1. The molecule has 2 aromatic carbocycles. The number of nitrogens with one attached hydrogen (secondary N) is 3. The summed E-state index contributed by atoms with van der Waals surface area (Å²) in [7, 11) is -2.05. The molecule has 0 aliphatic rings. The first-order valence-electron chi connectivity index (χ1n) is 8.34. The second kappa shape index (κ2) is 11.8. The van der Waals surface area contributed by atoms with Gasteiger partial charge in [0.25, 0.3) is 0 Å². The lowest BCUT2D eigenvalue weighted by atomic mass is 10.2. The fraction of sp³-hybridized carbons (Fsp3) is 0.278. The lowest BCUT2D eigenvalue weighted by Crippen LogP contribution is -2.36. The third kappa shape index (κ3) is 7.40. The van der Waals surface area contributed by atoms with Crippen LogP contribution in [-0.4, -0.2) is 28.0 Å². The maximum atomic E-state index is 11.8. The fourth-order valence-corrected chi connectivity index (χ4v) is 3.45. The molecule has 0 spiro atoms. The minimum absolute atomic E-state index is 0. The quantitative estimate of drug-likeness (QED) is 0.275. The van der Waals surface area contributed by atoms with Crippen LogP contribution in [0.3, 0.4) is 0 Å². The van der Waals surface area contributed by atoms with Crippen LogP contribution in [0.5, 0.6) is 0 Å². The average molecular weight is 557 g/mol. The van der Waals surface area contributed by atoms with Crippen LogP contribution in [0.1, 0.15) is 18.1 Å². The van der Waals surface area contributed by atoms with E-state index < -0.39 is 10.0 Å². The number of guanidine groups is 1. The van der Waals surface area contributed by atoms with Gasteiger partial charge in [-0.3, -0.25) is 0 Å². The Bertz CT molecular complexity index is 906. The second-order valence-electron chi connectivity index (χ2n) is 5.64. The molecule has 0 saturated carbocycles. The van der Waals surface area contributed by atoms with Crippen LogP contribution in [0.25, 0.3) is 0 Å². The largest absolute Gasteiger partial charge is 0.357 e. The normalized spacial score (nSPS) is 11.6. The first-order valence-corrected chi connectivity index (χ1v) is 10.6. The van der Waals surface area contributed by atoms with Crippen LogP contribution < -0.4 is 15.4 Å². The molecule has 2 aromatic rings. The van der Waals surface area contributed by atoms with Gasteiger partial charge in [0.1, 0.15) is 0 Å². The summed E-state index contributed by atoms with van der Waals surface area (Å²) in [4.78, 5) is 4.74. The number of rotatable bonds is 7. The van der Waals surface area contributed by atoms with Crippen molar-refractivity contribution in [3.63, 3.8) is 0 Å². The molecule has 28 heavy (non-hydrogen) atoms. The zero-order valence-electron chi connectivity index (χ0n) is 15.5. The molecule has 0 aromatic heterocycles. The van der Waals surface area contributed by atoms with Crippen molar-refractivity contribution in [2.24, 2.45) is 4.99 Å². The van der Waals surface area contributed by atoms with E-state index in [0.29, 0.717) is 35.6 Å². The van der Waals surface area contributed by atoms with Crippen molar-refractivity contribution >= 4 is 63.2 Å². The Morgan fingerprint density at radius 2 is 1.75 bits per heavy atom. The molecule has 2 rings (SSSR count). The lowest BCUT2D eigenvalue weighted by Gasteiger charge is -2.12. The number of hydrogen-bond acceptors (Lipinski definition) is 3. The Balaban J connectivity index is 0.00000392. The monoisotopic (exact) mass is 556 g/mol. The van der Waals surface area contributed by atoms with Gasteiger partial charge < -0.3 is 10.6 Å². The number of halogens is 3. The Morgan fingerprint density at radius 3 is 2.32 bits per heavy atom. The maximum absolute atomic E-state index is 11.8. The van der Waals surface area contributed by atoms with Gasteiger partial charge in [0.15, 0.2) is 5.96 Å². The molecule has 0 amide bonds. The smallest absolute Gasteiger partial charge is 0.240 e. The number of aliphatic imine (C=N–C) groups is 1. The number of hydrogen-bond donors (Lipinski definition) is 3. The average Bonchev–Trinajstić information content (AvgIpc) is 2.65. The molecular formula is C18H23Cl2IN4O2S. The van der Waals surface area contributed by atoms with Gasteiger partial charge in [-0.05, 0) is 49.4 Å². The molecular weight excluding hydrogens is 534 g/mol. The highest BCUT2D eigenvalue weighted by Gasteiger charge is 2.10. The van der Waals surface area contributed by atoms with Gasteiger partial charge in [0.2, 0.25) is 10.0 Å². The Labute approximate surface area is 193 Å². The van der Waals surface area contributed by atoms with Crippen molar-refractivity contribution < 1.29 is 8.42 Å². The minimum Gasteiger partial charge on any atom is -0.357 e. The third-order valence-electron chi connectivity index (χ3n) is 3.73. The second-order valence-corrected chi connectivity index (χ2v) is 8.37. The van der Waals surface area contributed by atoms with E-state index in [1.54, 1.807) is 36.4 Å². The zero-order valence-corrected chi connectivity index (χ0v) is 20.2. The molecule has 3 N–H and O–H groups in total. The van der Waals surface area contributed by atoms with E-state index in [-0.39, 0.29) is 28.9 Å². The highest BCUT2D eigenvalue weighted by molar-refractivity contribution is 14.0. The number of benzene rings is 2. The maximum Gasteiger partial charge on any atom is 0.240 e. The van der Waals surface area contributed by atoms with Crippen LogP contribution in [0.2, 0.25) is 10.0 Å². The Hall–Kier alpha value is -1.07. The van der Waals surface area contributed by atoms with Crippen molar-refractivity contribution in [3.05, 3.63) is 63.6 Å². The predicted molar refractivity (Wildman–Crippen MR) is 126 cm³/mol. The van der Waals surface area contributed by atoms with Crippen LogP contribution in [0, 0.1) is 0 Å². The van der Waals surface area contributed by atoms with Crippen molar-refractivity contribution in [1.82, 2.24) is 15.4 Å². The summed E-state index contributed by atoms with van der Waals surface area (Å²) in [6.45, 7) is 3.59. The Morgan fingerprint density at radius 1 is 1.07 bits per heavy atom. The van der Waals surface area contributed by atoms with E-state index in [2.05, 4.69) is 20.3 Å². The van der Waals surface area contributed by atoms with Crippen molar-refractivity contribution in [2.75, 3.05) is 13.6 Å². The molecule has 10 heteroatoms. The van der Waals surface area contributed by atoms with Crippen LogP contribution in [-0.2, 0) is 23.1 Å². The van der Waals surface area contributed by atoms with E-state index in [4.69, 9.17) is 23.2 Å². The Kier molecular flexibility index (Phi) is 10.5. The summed E-state index contributed by atoms with van der Waals surface area (Å²) < 4.78 is 25.8. The topological polar surface area (TPSA) is 82.6 Å². The van der Waals surface area contributed by atoms with Gasteiger partial charge in [-0.15, -0.1) is 24.0 Å². The van der Waals surface area contributed by atoms with Crippen LogP contribution in [0.15, 0.2) is 52.4 Å². The van der Waals surface area contributed by atoms with E-state index in [1.165, 1.54) is 7.05 Å². The van der Waals surface area contributed by atoms with Crippen molar-refractivity contribution in [2.45, 2.75) is 24.9 Å². The van der Waals surface area contributed by atoms with Gasteiger partial charge in [0.05, 0.1) is 11.4 Å². The predicted octanol–water partition coefficient (Wildman–Crippen LogP) is 3.77. The summed E-state index contributed by atoms with van der Waals surface area (Å²) >= 11 is 12.1. The van der Waals surface area contributed by atoms with Crippen LogP contribution >= 0.6 is 47.2 Å². The zero-order chi connectivity index (χ0) is 19.9. The van der Waals surface area contributed by atoms with Gasteiger partial charge in [-0.25, -0.2) is 18.1 Å². The summed E-state index contributed by atoms with van der Waals surface area (Å²) in [5.41, 5.74) is 1.81. The van der Waals surface area contributed by atoms with Gasteiger partial charge in [-0.1, -0.05) is 41.4 Å². The van der Waals surface area contributed by atoms with E-state index in [0.717, 1.165) is 11.1 Å². The molecule has 154 valence electrons. The SMILES string of the molecule is CCNC(=NCc1ccc(S(=O)(=O)NC)cc1)NCc1ccc(Cl)cc1Cl.I. The first-order chi connectivity index (χ1) is 12.9. The molecule has 0 bridgehead atoms. The third-order valence-corrected chi connectivity index (χ3v) is 5.74. The number of nitrogens with zero attached hydrogens (tertiary/aromatic N) is 1. The molecule has 0 heterocycles. The van der Waals surface area contributed by atoms with E-state index in [9.17, 15) is 8.42 Å². The standard InChI is InChI=1S/C18H22Cl2N4O2S.HI/c1-3-22-18(24-12-14-6-7-15(19)10-17(14)20)23-11-13-4-8-16(9-5-13)27(25,26)21-2;/h4-10,21H,3,11-12H2,1-2H3,(H2,22,23,24);1H. The fourth-order valence-electron chi connectivity index (χ4n) is 2.25. The molecule has 6 nitrogen and oxygen atoms in total. The van der Waals surface area contributed by atoms with Crippen LogP contribution in [0.4, 0.5) is 0 Å². The van der Waals surface area contributed by atoms with Gasteiger partial charge >= 0.3 is 0 Å². The highest BCUT2D eigenvalue weighted by atomic mass is 127. The van der Waals surface area contributed by atoms with Gasteiger partial charge in [-0.2, -0.15) is 0 Å².